The van der Waals surface area contributed by atoms with Gasteiger partial charge < -0.3 is 19.9 Å². The van der Waals surface area contributed by atoms with Crippen molar-refractivity contribution in [1.29, 1.82) is 5.26 Å². The van der Waals surface area contributed by atoms with Crippen LogP contribution in [-0.4, -0.2) is 30.8 Å². The lowest BCUT2D eigenvalue weighted by Gasteiger charge is -2.29. The molecule has 1 unspecified atom stereocenters. The number of benzene rings is 1. The second-order valence-corrected chi connectivity index (χ2v) is 5.76. The summed E-state index contributed by atoms with van der Waals surface area (Å²) in [5, 5.41) is 21.3. The van der Waals surface area contributed by atoms with E-state index >= 15 is 0 Å². The molecular formula is C19H20N2O5. The Morgan fingerprint density at radius 3 is 2.58 bits per heavy atom. The summed E-state index contributed by atoms with van der Waals surface area (Å²) < 4.78 is 10.4. The summed E-state index contributed by atoms with van der Waals surface area (Å²) in [5.74, 6) is -2.03. The second-order valence-electron chi connectivity index (χ2n) is 5.76. The van der Waals surface area contributed by atoms with Crippen molar-refractivity contribution >= 4 is 11.9 Å². The molecule has 2 N–H and O–H groups in total. The molecule has 7 heteroatoms. The van der Waals surface area contributed by atoms with Gasteiger partial charge in [-0.3, -0.25) is 0 Å². The number of hydrogen-bond acceptors (Lipinski definition) is 6. The normalized spacial score (nSPS) is 16.6. The maximum atomic E-state index is 12.6. The molecule has 1 atom stereocenters. The van der Waals surface area contributed by atoms with Gasteiger partial charge in [0.1, 0.15) is 12.4 Å². The van der Waals surface area contributed by atoms with Crippen LogP contribution in [0.25, 0.3) is 0 Å². The number of nitrogens with one attached hydrogen (secondary N) is 1. The smallest absolute Gasteiger partial charge is 0.336 e. The number of nitrogens with zero attached hydrogens (tertiary/aromatic N) is 1. The number of esters is 1. The predicted molar refractivity (Wildman–Crippen MR) is 93.1 cm³/mol. The number of dihydropyridines is 1. The lowest BCUT2D eigenvalue weighted by atomic mass is 9.80. The molecule has 0 saturated heterocycles. The van der Waals surface area contributed by atoms with Crippen LogP contribution in [0.2, 0.25) is 0 Å². The fraction of sp³-hybridized carbons (Fsp3) is 0.316. The molecule has 0 radical (unpaired) electrons. The lowest BCUT2D eigenvalue weighted by molar-refractivity contribution is -0.139. The lowest BCUT2D eigenvalue weighted by Crippen LogP contribution is -2.31. The molecule has 1 aliphatic rings. The molecule has 136 valence electrons. The Balaban J connectivity index is 2.55. The van der Waals surface area contributed by atoms with Gasteiger partial charge in [-0.2, -0.15) is 5.26 Å². The fourth-order valence-electron chi connectivity index (χ4n) is 2.97. The molecule has 26 heavy (non-hydrogen) atoms. The first-order valence-electron chi connectivity index (χ1n) is 8.00. The Labute approximate surface area is 151 Å². The van der Waals surface area contributed by atoms with Crippen molar-refractivity contribution in [2.24, 2.45) is 0 Å². The molecule has 1 aliphatic heterocycles. The van der Waals surface area contributed by atoms with Crippen LogP contribution in [0.4, 0.5) is 0 Å². The van der Waals surface area contributed by atoms with Crippen LogP contribution in [0.5, 0.6) is 5.75 Å². The largest absolute Gasteiger partial charge is 0.497 e. The van der Waals surface area contributed by atoms with Gasteiger partial charge in [0.15, 0.2) is 0 Å². The van der Waals surface area contributed by atoms with E-state index in [-0.39, 0.29) is 24.2 Å². The Hall–Kier alpha value is -3.27. The van der Waals surface area contributed by atoms with Crippen molar-refractivity contribution < 1.29 is 24.2 Å². The maximum absolute atomic E-state index is 12.6. The van der Waals surface area contributed by atoms with E-state index in [2.05, 4.69) is 5.32 Å². The number of nitriles is 1. The number of carbonyl (C=O) groups excluding carboxylic acids is 1. The summed E-state index contributed by atoms with van der Waals surface area (Å²) in [6.07, 6.45) is 0.0655. The van der Waals surface area contributed by atoms with E-state index in [9.17, 15) is 14.7 Å². The summed E-state index contributed by atoms with van der Waals surface area (Å²) in [4.78, 5) is 24.5. The second kappa shape index (κ2) is 8.21. The average Bonchev–Trinajstić information content (AvgIpc) is 2.60. The summed E-state index contributed by atoms with van der Waals surface area (Å²) >= 11 is 0. The first kappa shape index (κ1) is 19.1. The number of methoxy groups -OCH3 is 1. The zero-order chi connectivity index (χ0) is 19.3. The number of carbonyl (C=O) groups is 2. The van der Waals surface area contributed by atoms with E-state index in [0.29, 0.717) is 22.7 Å². The Kier molecular flexibility index (Phi) is 6.02. The van der Waals surface area contributed by atoms with E-state index < -0.39 is 17.9 Å². The minimum Gasteiger partial charge on any atom is -0.497 e. The van der Waals surface area contributed by atoms with Crippen molar-refractivity contribution in [1.82, 2.24) is 5.32 Å². The van der Waals surface area contributed by atoms with Gasteiger partial charge in [0, 0.05) is 11.4 Å². The highest BCUT2D eigenvalue weighted by Gasteiger charge is 2.37. The molecule has 1 aromatic carbocycles. The number of aliphatic carboxylic acids is 1. The topological polar surface area (TPSA) is 109 Å². The minimum absolute atomic E-state index is 0.0535. The van der Waals surface area contributed by atoms with Crippen molar-refractivity contribution in [3.63, 3.8) is 0 Å². The van der Waals surface area contributed by atoms with Gasteiger partial charge in [0.25, 0.3) is 0 Å². The highest BCUT2D eigenvalue weighted by Crippen LogP contribution is 2.39. The van der Waals surface area contributed by atoms with E-state index in [1.54, 1.807) is 38.1 Å². The van der Waals surface area contributed by atoms with Gasteiger partial charge in [-0.1, -0.05) is 12.1 Å². The highest BCUT2D eigenvalue weighted by atomic mass is 16.5. The third-order valence-corrected chi connectivity index (χ3v) is 4.08. The zero-order valence-corrected chi connectivity index (χ0v) is 14.8. The van der Waals surface area contributed by atoms with E-state index in [1.165, 1.54) is 7.11 Å². The van der Waals surface area contributed by atoms with Crippen LogP contribution in [0.1, 0.15) is 31.7 Å². The first-order chi connectivity index (χ1) is 12.4. The van der Waals surface area contributed by atoms with Gasteiger partial charge in [0.2, 0.25) is 0 Å². The van der Waals surface area contributed by atoms with Gasteiger partial charge in [-0.25, -0.2) is 9.59 Å². The predicted octanol–water partition coefficient (Wildman–Crippen LogP) is 2.47. The summed E-state index contributed by atoms with van der Waals surface area (Å²) in [7, 11) is 1.51. The Bertz CT molecular complexity index is 833. The van der Waals surface area contributed by atoms with E-state index in [0.717, 1.165) is 0 Å². The van der Waals surface area contributed by atoms with Crippen molar-refractivity contribution in [2.45, 2.75) is 26.2 Å². The molecule has 7 nitrogen and oxygen atoms in total. The molecule has 1 aromatic rings. The van der Waals surface area contributed by atoms with Crippen molar-refractivity contribution in [2.75, 3.05) is 13.7 Å². The number of ether oxygens (including phenoxy) is 2. The zero-order valence-electron chi connectivity index (χ0n) is 14.8. The first-order valence-corrected chi connectivity index (χ1v) is 8.00. The van der Waals surface area contributed by atoms with E-state index in [1.807, 2.05) is 6.07 Å². The number of carboxylic acid groups (broad SMARTS) is 1. The molecule has 1 heterocycles. The number of allylic oxidation sites excluding steroid dienone is 2. The summed E-state index contributed by atoms with van der Waals surface area (Å²) in [6.45, 7) is 3.29. The number of carboxylic acids is 1. The minimum atomic E-state index is -1.13. The summed E-state index contributed by atoms with van der Waals surface area (Å²) in [6, 6.07) is 8.81. The Morgan fingerprint density at radius 1 is 1.27 bits per heavy atom. The molecule has 0 aliphatic carbocycles. The Morgan fingerprint density at radius 2 is 1.96 bits per heavy atom. The molecule has 0 fully saturated rings. The van der Waals surface area contributed by atoms with Gasteiger partial charge in [-0.15, -0.1) is 0 Å². The molecular weight excluding hydrogens is 336 g/mol. The standard InChI is InChI=1S/C19H20N2O5/c1-11-15(18(22)23)17(13-6-4-7-14(10-13)25-3)16(12(2)21-11)19(24)26-9-5-8-20/h4,6-7,10,17,21H,5,9H2,1-3H3,(H,22,23). The van der Waals surface area contributed by atoms with Crippen LogP contribution in [0, 0.1) is 11.3 Å². The molecule has 0 spiro atoms. The fourth-order valence-corrected chi connectivity index (χ4v) is 2.97. The average molecular weight is 356 g/mol. The third kappa shape index (κ3) is 3.86. The van der Waals surface area contributed by atoms with Crippen LogP contribution in [0.15, 0.2) is 46.8 Å². The number of hydrogen-bond donors (Lipinski definition) is 2. The van der Waals surface area contributed by atoms with Gasteiger partial charge >= 0.3 is 11.9 Å². The molecule has 0 amide bonds. The van der Waals surface area contributed by atoms with Gasteiger partial charge in [0.05, 0.1) is 36.7 Å². The molecule has 0 bridgehead atoms. The van der Waals surface area contributed by atoms with Crippen LogP contribution < -0.4 is 10.1 Å². The summed E-state index contributed by atoms with van der Waals surface area (Å²) in [5.41, 5.74) is 1.85. The van der Waals surface area contributed by atoms with Crippen LogP contribution >= 0.6 is 0 Å². The quantitative estimate of drug-likeness (QED) is 0.595. The van der Waals surface area contributed by atoms with Crippen molar-refractivity contribution in [3.8, 4) is 11.8 Å². The van der Waals surface area contributed by atoms with Crippen LogP contribution in [0.3, 0.4) is 0 Å². The molecule has 0 aromatic heterocycles. The molecule has 2 rings (SSSR count). The SMILES string of the molecule is COc1cccc(C2C(C(=O)O)=C(C)NC(C)=C2C(=O)OCCC#N)c1. The third-order valence-electron chi connectivity index (χ3n) is 4.08. The molecule has 0 saturated carbocycles. The highest BCUT2D eigenvalue weighted by molar-refractivity contribution is 5.99. The van der Waals surface area contributed by atoms with Crippen molar-refractivity contribution in [3.05, 3.63) is 52.4 Å². The number of rotatable bonds is 6. The van der Waals surface area contributed by atoms with E-state index in [4.69, 9.17) is 14.7 Å². The monoisotopic (exact) mass is 356 g/mol. The maximum Gasteiger partial charge on any atom is 0.336 e. The van der Waals surface area contributed by atoms with Gasteiger partial charge in [-0.05, 0) is 31.5 Å². The van der Waals surface area contributed by atoms with Crippen LogP contribution in [-0.2, 0) is 14.3 Å².